The fraction of sp³-hybridized carbons (Fsp3) is 0.421. The molecule has 2 N–H and O–H groups in total. The van der Waals surface area contributed by atoms with Crippen LogP contribution in [0, 0.1) is 12.8 Å². The normalized spacial score (nSPS) is 15.1. The first-order chi connectivity index (χ1) is 11.0. The van der Waals surface area contributed by atoms with E-state index in [0.717, 1.165) is 34.7 Å². The van der Waals surface area contributed by atoms with Gasteiger partial charge in [-0.3, -0.25) is 4.98 Å². The Balaban J connectivity index is 1.76. The molecule has 0 saturated heterocycles. The fourth-order valence-corrected chi connectivity index (χ4v) is 2.98. The lowest BCUT2D eigenvalue weighted by molar-refractivity contribution is 0.243. The minimum absolute atomic E-state index is 0.203. The SMILES string of the molecule is Cc1cc2c(cn1)COc1cc(OCC(C)CC(C)N)ccc1-2. The standard InChI is InChI=1S/C19H24N2O2/c1-12(6-13(2)20)10-22-16-4-5-17-18-7-14(3)21-9-15(18)11-23-19(17)8-16/h4-5,7-9,12-13H,6,10-11,20H2,1-3H3. The first kappa shape index (κ1) is 15.8. The van der Waals surface area contributed by atoms with E-state index in [2.05, 4.69) is 24.0 Å². The molecule has 122 valence electrons. The van der Waals surface area contributed by atoms with E-state index >= 15 is 0 Å². The van der Waals surface area contributed by atoms with Gasteiger partial charge in [0.25, 0.3) is 0 Å². The average Bonchev–Trinajstić information content (AvgIpc) is 2.51. The lowest BCUT2D eigenvalue weighted by atomic mass is 9.98. The van der Waals surface area contributed by atoms with Crippen molar-refractivity contribution in [1.29, 1.82) is 0 Å². The highest BCUT2D eigenvalue weighted by Gasteiger charge is 2.18. The molecule has 2 atom stereocenters. The van der Waals surface area contributed by atoms with Gasteiger partial charge in [-0.05, 0) is 49.9 Å². The molecular formula is C19H24N2O2. The highest BCUT2D eigenvalue weighted by atomic mass is 16.5. The minimum Gasteiger partial charge on any atom is -0.493 e. The Bertz CT molecular complexity index is 698. The molecule has 3 rings (SSSR count). The second-order valence-corrected chi connectivity index (χ2v) is 6.56. The fourth-order valence-electron chi connectivity index (χ4n) is 2.98. The number of ether oxygens (including phenoxy) is 2. The van der Waals surface area contributed by atoms with Gasteiger partial charge in [0.1, 0.15) is 18.1 Å². The third-order valence-electron chi connectivity index (χ3n) is 4.06. The number of aromatic nitrogens is 1. The Morgan fingerprint density at radius 2 is 2.09 bits per heavy atom. The Morgan fingerprint density at radius 3 is 2.87 bits per heavy atom. The smallest absolute Gasteiger partial charge is 0.131 e. The van der Waals surface area contributed by atoms with Gasteiger partial charge in [-0.25, -0.2) is 0 Å². The van der Waals surface area contributed by atoms with Crippen molar-refractivity contribution in [2.75, 3.05) is 6.61 Å². The summed E-state index contributed by atoms with van der Waals surface area (Å²) in [6.45, 7) is 7.41. The average molecular weight is 312 g/mol. The number of nitrogens with zero attached hydrogens (tertiary/aromatic N) is 1. The zero-order valence-electron chi connectivity index (χ0n) is 14.0. The van der Waals surface area contributed by atoms with Crippen molar-refractivity contribution >= 4 is 0 Å². The van der Waals surface area contributed by atoms with Crippen molar-refractivity contribution in [3.05, 3.63) is 41.7 Å². The molecule has 0 amide bonds. The molecule has 23 heavy (non-hydrogen) atoms. The van der Waals surface area contributed by atoms with Gasteiger partial charge in [0.2, 0.25) is 0 Å². The number of rotatable bonds is 5. The van der Waals surface area contributed by atoms with E-state index in [1.807, 2.05) is 32.2 Å². The molecule has 0 bridgehead atoms. The molecule has 0 saturated carbocycles. The number of benzene rings is 1. The maximum atomic E-state index is 5.90. The molecule has 2 aromatic rings. The van der Waals surface area contributed by atoms with Gasteiger partial charge in [0.05, 0.1) is 6.61 Å². The van der Waals surface area contributed by atoms with Gasteiger partial charge >= 0.3 is 0 Å². The number of pyridine rings is 1. The molecule has 0 radical (unpaired) electrons. The van der Waals surface area contributed by atoms with Crippen LogP contribution in [0.25, 0.3) is 11.1 Å². The summed E-state index contributed by atoms with van der Waals surface area (Å²) in [5.74, 6) is 2.15. The molecule has 1 aromatic carbocycles. The molecule has 1 aromatic heterocycles. The number of fused-ring (bicyclic) bond motifs is 3. The van der Waals surface area contributed by atoms with Gasteiger partial charge in [0, 0.05) is 35.1 Å². The van der Waals surface area contributed by atoms with Crippen molar-refractivity contribution < 1.29 is 9.47 Å². The van der Waals surface area contributed by atoms with Crippen LogP contribution in [0.15, 0.2) is 30.5 Å². The van der Waals surface area contributed by atoms with Crippen LogP contribution in [0.4, 0.5) is 0 Å². The van der Waals surface area contributed by atoms with Gasteiger partial charge in [-0.2, -0.15) is 0 Å². The molecular weight excluding hydrogens is 288 g/mol. The molecule has 1 aliphatic rings. The van der Waals surface area contributed by atoms with E-state index in [1.165, 1.54) is 5.56 Å². The van der Waals surface area contributed by atoms with Crippen LogP contribution in [0.2, 0.25) is 0 Å². The summed E-state index contributed by atoms with van der Waals surface area (Å²) < 4.78 is 11.8. The Morgan fingerprint density at radius 1 is 1.26 bits per heavy atom. The van der Waals surface area contributed by atoms with Crippen molar-refractivity contribution in [2.24, 2.45) is 11.7 Å². The van der Waals surface area contributed by atoms with Crippen LogP contribution in [-0.2, 0) is 6.61 Å². The summed E-state index contributed by atoms with van der Waals surface area (Å²) in [6, 6.07) is 8.37. The maximum absolute atomic E-state index is 5.90. The molecule has 0 spiro atoms. The second kappa shape index (κ2) is 6.59. The predicted molar refractivity (Wildman–Crippen MR) is 91.7 cm³/mol. The van der Waals surface area contributed by atoms with E-state index < -0.39 is 0 Å². The first-order valence-electron chi connectivity index (χ1n) is 8.14. The zero-order valence-corrected chi connectivity index (χ0v) is 14.0. The Kier molecular flexibility index (Phi) is 4.53. The van der Waals surface area contributed by atoms with Crippen LogP contribution >= 0.6 is 0 Å². The van der Waals surface area contributed by atoms with E-state index in [1.54, 1.807) is 0 Å². The van der Waals surface area contributed by atoms with Crippen LogP contribution < -0.4 is 15.2 Å². The van der Waals surface area contributed by atoms with Gasteiger partial charge < -0.3 is 15.2 Å². The van der Waals surface area contributed by atoms with Crippen LogP contribution in [-0.4, -0.2) is 17.6 Å². The lowest BCUT2D eigenvalue weighted by Gasteiger charge is -2.22. The van der Waals surface area contributed by atoms with E-state index in [0.29, 0.717) is 19.1 Å². The molecule has 0 fully saturated rings. The quantitative estimate of drug-likeness (QED) is 0.914. The van der Waals surface area contributed by atoms with Crippen LogP contribution in [0.5, 0.6) is 11.5 Å². The predicted octanol–water partition coefficient (Wildman–Crippen LogP) is 3.70. The van der Waals surface area contributed by atoms with Crippen molar-refractivity contribution in [1.82, 2.24) is 4.98 Å². The highest BCUT2D eigenvalue weighted by molar-refractivity contribution is 5.75. The maximum Gasteiger partial charge on any atom is 0.131 e. The van der Waals surface area contributed by atoms with Crippen LogP contribution in [0.3, 0.4) is 0 Å². The minimum atomic E-state index is 0.203. The van der Waals surface area contributed by atoms with Gasteiger partial charge in [-0.1, -0.05) is 6.92 Å². The third-order valence-corrected chi connectivity index (χ3v) is 4.06. The second-order valence-electron chi connectivity index (χ2n) is 6.56. The number of nitrogens with two attached hydrogens (primary N) is 1. The van der Waals surface area contributed by atoms with Crippen molar-refractivity contribution in [2.45, 2.75) is 39.8 Å². The topological polar surface area (TPSA) is 57.4 Å². The Hall–Kier alpha value is -2.07. The van der Waals surface area contributed by atoms with Crippen molar-refractivity contribution in [3.8, 4) is 22.6 Å². The molecule has 4 heteroatoms. The summed E-state index contributed by atoms with van der Waals surface area (Å²) in [4.78, 5) is 4.34. The third kappa shape index (κ3) is 3.64. The molecule has 4 nitrogen and oxygen atoms in total. The number of hydrogen-bond acceptors (Lipinski definition) is 4. The first-order valence-corrected chi connectivity index (χ1v) is 8.14. The van der Waals surface area contributed by atoms with Crippen LogP contribution in [0.1, 0.15) is 31.5 Å². The largest absolute Gasteiger partial charge is 0.493 e. The number of hydrogen-bond donors (Lipinski definition) is 1. The van der Waals surface area contributed by atoms with Gasteiger partial charge in [0.15, 0.2) is 0 Å². The summed E-state index contributed by atoms with van der Waals surface area (Å²) in [5, 5.41) is 0. The van der Waals surface area contributed by atoms with E-state index in [9.17, 15) is 0 Å². The molecule has 1 aliphatic heterocycles. The number of aryl methyl sites for hydroxylation is 1. The highest BCUT2D eigenvalue weighted by Crippen LogP contribution is 2.39. The van der Waals surface area contributed by atoms with Gasteiger partial charge in [-0.15, -0.1) is 0 Å². The summed E-state index contributed by atoms with van der Waals surface area (Å²) in [6.07, 6.45) is 2.86. The lowest BCUT2D eigenvalue weighted by Crippen LogP contribution is -2.21. The zero-order chi connectivity index (χ0) is 16.4. The molecule has 2 heterocycles. The molecule has 0 aliphatic carbocycles. The summed E-state index contributed by atoms with van der Waals surface area (Å²) >= 11 is 0. The Labute approximate surface area is 137 Å². The van der Waals surface area contributed by atoms with E-state index in [4.69, 9.17) is 15.2 Å². The monoisotopic (exact) mass is 312 g/mol. The summed E-state index contributed by atoms with van der Waals surface area (Å²) in [5.41, 5.74) is 10.3. The van der Waals surface area contributed by atoms with E-state index in [-0.39, 0.29) is 6.04 Å². The van der Waals surface area contributed by atoms with Crippen molar-refractivity contribution in [3.63, 3.8) is 0 Å². The molecule has 2 unspecified atom stereocenters. The summed E-state index contributed by atoms with van der Waals surface area (Å²) in [7, 11) is 0.